The molecule has 28 heavy (non-hydrogen) atoms. The second kappa shape index (κ2) is 7.90. The Bertz CT molecular complexity index is 1080. The zero-order chi connectivity index (χ0) is 19.7. The summed E-state index contributed by atoms with van der Waals surface area (Å²) >= 11 is -2.17. The molecule has 148 valence electrons. The summed E-state index contributed by atoms with van der Waals surface area (Å²) < 4.78 is 29.4. The van der Waals surface area contributed by atoms with Gasteiger partial charge in [0.2, 0.25) is 0 Å². The number of benzene rings is 1. The van der Waals surface area contributed by atoms with Crippen molar-refractivity contribution in [1.29, 1.82) is 0 Å². The normalized spacial score (nSPS) is 17.9. The Kier molecular flexibility index (Phi) is 5.34. The summed E-state index contributed by atoms with van der Waals surface area (Å²) in [5.74, 6) is 0.403. The summed E-state index contributed by atoms with van der Waals surface area (Å²) in [5.41, 5.74) is 3.80. The van der Waals surface area contributed by atoms with E-state index in [1.54, 1.807) is 24.0 Å². The van der Waals surface area contributed by atoms with E-state index in [2.05, 4.69) is 10.3 Å². The number of nitrogens with one attached hydrogen (secondary N) is 2. The molecule has 8 heteroatoms. The molecule has 1 fully saturated rings. The maximum atomic E-state index is 12.4. The highest BCUT2D eigenvalue weighted by molar-refractivity contribution is 7.78. The molecule has 0 bridgehead atoms. The highest BCUT2D eigenvalue weighted by atomic mass is 32.2. The van der Waals surface area contributed by atoms with E-state index in [0.717, 1.165) is 48.4 Å². The van der Waals surface area contributed by atoms with Crippen molar-refractivity contribution >= 4 is 27.7 Å². The van der Waals surface area contributed by atoms with Crippen molar-refractivity contribution in [1.82, 2.24) is 9.55 Å². The minimum Gasteiger partial charge on any atom is -0.772 e. The van der Waals surface area contributed by atoms with E-state index >= 15 is 0 Å². The smallest absolute Gasteiger partial charge is 0.274 e. The summed E-state index contributed by atoms with van der Waals surface area (Å²) in [6.45, 7) is 2.32. The Labute approximate surface area is 165 Å². The quantitative estimate of drug-likeness (QED) is 0.619. The number of rotatable bonds is 6. The number of aromatic nitrogens is 2. The van der Waals surface area contributed by atoms with Gasteiger partial charge in [0.05, 0.1) is 6.61 Å². The molecule has 4 rings (SSSR count). The average molecular weight is 400 g/mol. The Morgan fingerprint density at radius 3 is 2.96 bits per heavy atom. The van der Waals surface area contributed by atoms with Crippen LogP contribution in [-0.2, 0) is 28.6 Å². The molecule has 3 aromatic rings. The van der Waals surface area contributed by atoms with Crippen LogP contribution >= 0.6 is 0 Å². The highest BCUT2D eigenvalue weighted by Gasteiger charge is 2.18. The first kappa shape index (κ1) is 18.9. The Balaban J connectivity index is 1.80. The second-order valence-electron chi connectivity index (χ2n) is 7.16. The van der Waals surface area contributed by atoms with Gasteiger partial charge in [-0.25, -0.2) is 0 Å². The maximum absolute atomic E-state index is 12.4. The van der Waals surface area contributed by atoms with E-state index in [-0.39, 0.29) is 11.3 Å². The van der Waals surface area contributed by atoms with Crippen LogP contribution in [0, 0.1) is 5.92 Å². The third-order valence-corrected chi connectivity index (χ3v) is 5.73. The lowest BCUT2D eigenvalue weighted by Gasteiger charge is -2.18. The van der Waals surface area contributed by atoms with Gasteiger partial charge >= 0.3 is 0 Å². The van der Waals surface area contributed by atoms with E-state index in [9.17, 15) is 13.6 Å². The third kappa shape index (κ3) is 3.76. The minimum absolute atomic E-state index is 0.0498. The highest BCUT2D eigenvalue weighted by Crippen LogP contribution is 2.34. The van der Waals surface area contributed by atoms with Crippen LogP contribution in [0.3, 0.4) is 0 Å². The minimum atomic E-state index is -2.17. The van der Waals surface area contributed by atoms with Crippen molar-refractivity contribution in [2.24, 2.45) is 13.0 Å². The molecule has 2 aromatic heterocycles. The van der Waals surface area contributed by atoms with Gasteiger partial charge in [0, 0.05) is 66.5 Å². The van der Waals surface area contributed by atoms with E-state index < -0.39 is 11.1 Å². The van der Waals surface area contributed by atoms with Gasteiger partial charge in [0.1, 0.15) is 5.52 Å². The van der Waals surface area contributed by atoms with Gasteiger partial charge in [-0.2, -0.15) is 0 Å². The number of ether oxygens (including phenoxy) is 1. The van der Waals surface area contributed by atoms with Gasteiger partial charge in [-0.1, -0.05) is 17.1 Å². The van der Waals surface area contributed by atoms with Crippen molar-refractivity contribution in [2.75, 3.05) is 25.1 Å². The molecule has 0 spiro atoms. The summed E-state index contributed by atoms with van der Waals surface area (Å²) in [4.78, 5) is 15.4. The maximum Gasteiger partial charge on any atom is 0.274 e. The number of anilines is 1. The molecular formula is C20H22N3O4S-. The summed E-state index contributed by atoms with van der Waals surface area (Å²) in [7, 11) is 1.71. The topological polar surface area (TPSA) is 99.2 Å². The van der Waals surface area contributed by atoms with Crippen LogP contribution in [0.5, 0.6) is 0 Å². The van der Waals surface area contributed by atoms with Crippen LogP contribution in [0.1, 0.15) is 12.0 Å². The molecule has 0 saturated carbocycles. The summed E-state index contributed by atoms with van der Waals surface area (Å²) in [5, 5.41) is 4.31. The molecular weight excluding hydrogens is 378 g/mol. The fraction of sp³-hybridized carbons (Fsp3) is 0.350. The first-order valence-electron chi connectivity index (χ1n) is 9.20. The molecule has 1 aliphatic heterocycles. The predicted octanol–water partition coefficient (Wildman–Crippen LogP) is 2.36. The van der Waals surface area contributed by atoms with Crippen molar-refractivity contribution in [3.8, 4) is 11.1 Å². The third-order valence-electron chi connectivity index (χ3n) is 5.16. The molecule has 2 unspecified atom stereocenters. The number of hydrogen-bond acceptors (Lipinski definition) is 5. The molecule has 0 aliphatic carbocycles. The van der Waals surface area contributed by atoms with E-state index in [4.69, 9.17) is 4.74 Å². The first-order valence-corrected chi connectivity index (χ1v) is 10.4. The lowest BCUT2D eigenvalue weighted by Crippen LogP contribution is -2.17. The molecule has 2 atom stereocenters. The van der Waals surface area contributed by atoms with E-state index in [0.29, 0.717) is 17.0 Å². The van der Waals surface area contributed by atoms with Gasteiger partial charge < -0.3 is 24.2 Å². The second-order valence-corrected chi connectivity index (χ2v) is 8.06. The molecule has 2 N–H and O–H groups in total. The number of aryl methyl sites for hydroxylation is 1. The van der Waals surface area contributed by atoms with Gasteiger partial charge in [-0.3, -0.25) is 9.00 Å². The monoisotopic (exact) mass is 400 g/mol. The van der Waals surface area contributed by atoms with Gasteiger partial charge in [-0.05, 0) is 30.2 Å². The lowest BCUT2D eigenvalue weighted by atomic mass is 9.99. The lowest BCUT2D eigenvalue weighted by molar-refractivity contribution is 0.187. The SMILES string of the molecule is Cn1cc(-c2cc(CS(=O)[O-])ccc2NCC2CCOC2)c2cc[nH]c2c1=O. The van der Waals surface area contributed by atoms with Gasteiger partial charge in [0.15, 0.2) is 0 Å². The van der Waals surface area contributed by atoms with Crippen molar-refractivity contribution < 1.29 is 13.5 Å². The fourth-order valence-electron chi connectivity index (χ4n) is 3.68. The predicted molar refractivity (Wildman–Crippen MR) is 109 cm³/mol. The summed E-state index contributed by atoms with van der Waals surface area (Å²) in [6.07, 6.45) is 4.57. The van der Waals surface area contributed by atoms with Gasteiger partial charge in [-0.15, -0.1) is 0 Å². The molecule has 1 aromatic carbocycles. The first-order chi connectivity index (χ1) is 13.5. The number of hydrogen-bond donors (Lipinski definition) is 2. The number of aromatic amines is 1. The Morgan fingerprint density at radius 1 is 1.36 bits per heavy atom. The molecule has 0 radical (unpaired) electrons. The van der Waals surface area contributed by atoms with Crippen LogP contribution in [-0.4, -0.2) is 38.1 Å². The molecule has 1 saturated heterocycles. The summed E-state index contributed by atoms with van der Waals surface area (Å²) in [6, 6.07) is 7.49. The van der Waals surface area contributed by atoms with Crippen molar-refractivity contribution in [3.63, 3.8) is 0 Å². The number of H-pyrrole nitrogens is 1. The molecule has 7 nitrogen and oxygen atoms in total. The van der Waals surface area contributed by atoms with Crippen LogP contribution < -0.4 is 10.9 Å². The zero-order valence-corrected chi connectivity index (χ0v) is 16.4. The Hall–Kier alpha value is -2.42. The average Bonchev–Trinajstić information content (AvgIpc) is 3.35. The number of pyridine rings is 1. The number of fused-ring (bicyclic) bond motifs is 1. The van der Waals surface area contributed by atoms with E-state index in [1.165, 1.54) is 0 Å². The molecule has 1 aliphatic rings. The molecule has 0 amide bonds. The van der Waals surface area contributed by atoms with E-state index in [1.807, 2.05) is 24.3 Å². The Morgan fingerprint density at radius 2 is 2.21 bits per heavy atom. The standard InChI is InChI=1S/C20H23N3O4S/c1-23-10-17(15-4-6-21-19(15)20(23)24)16-8-13(12-28(25)26)2-3-18(16)22-9-14-5-7-27-11-14/h2-4,6,8,10,14,21-22H,5,7,9,11-12H2,1H3,(H,25,26)/p-1. The number of nitrogens with zero attached hydrogens (tertiary/aromatic N) is 1. The largest absolute Gasteiger partial charge is 0.772 e. The fourth-order valence-corrected chi connectivity index (χ4v) is 4.13. The van der Waals surface area contributed by atoms with Crippen molar-refractivity contribution in [3.05, 3.63) is 52.6 Å². The van der Waals surface area contributed by atoms with Crippen LogP contribution in [0.2, 0.25) is 0 Å². The van der Waals surface area contributed by atoms with Crippen LogP contribution in [0.15, 0.2) is 41.5 Å². The molecule has 3 heterocycles. The van der Waals surface area contributed by atoms with Gasteiger partial charge in [0.25, 0.3) is 5.56 Å². The van der Waals surface area contributed by atoms with Crippen LogP contribution in [0.25, 0.3) is 22.0 Å². The zero-order valence-electron chi connectivity index (χ0n) is 15.6. The van der Waals surface area contributed by atoms with Crippen molar-refractivity contribution in [2.45, 2.75) is 12.2 Å². The van der Waals surface area contributed by atoms with Crippen LogP contribution in [0.4, 0.5) is 5.69 Å².